The predicted molar refractivity (Wildman–Crippen MR) is 71.3 cm³/mol. The molecule has 0 aliphatic heterocycles. The second kappa shape index (κ2) is 6.20. The minimum atomic E-state index is -0.864. The van der Waals surface area contributed by atoms with Gasteiger partial charge in [-0.3, -0.25) is 4.79 Å². The van der Waals surface area contributed by atoms with Gasteiger partial charge in [0.15, 0.2) is 5.82 Å². The molecule has 0 radical (unpaired) electrons. The quantitative estimate of drug-likeness (QED) is 0.845. The lowest BCUT2D eigenvalue weighted by molar-refractivity contribution is -0.137. The Morgan fingerprint density at radius 3 is 2.61 bits per heavy atom. The molecule has 7 heteroatoms. The lowest BCUT2D eigenvalue weighted by Gasteiger charge is -2.31. The smallest absolute Gasteiger partial charge is 0.305 e. The number of aromatic nitrogens is 2. The summed E-state index contributed by atoms with van der Waals surface area (Å²) in [4.78, 5) is 20.4. The third-order valence-corrected chi connectivity index (χ3v) is 3.13. The average molecular weight is 292 g/mol. The van der Waals surface area contributed by atoms with Crippen LogP contribution in [0.1, 0.15) is 20.3 Å². The molecule has 0 saturated carbocycles. The van der Waals surface area contributed by atoms with E-state index in [-0.39, 0.29) is 23.7 Å². The summed E-state index contributed by atoms with van der Waals surface area (Å²) in [5, 5.41) is 9.36. The zero-order valence-electron chi connectivity index (χ0n) is 10.4. The molecule has 1 aromatic heterocycles. The second-order valence-electron chi connectivity index (χ2n) is 4.33. The topological polar surface area (TPSA) is 66.3 Å². The van der Waals surface area contributed by atoms with Crippen LogP contribution < -0.4 is 4.90 Å². The van der Waals surface area contributed by atoms with E-state index in [9.17, 15) is 4.79 Å². The van der Waals surface area contributed by atoms with E-state index >= 15 is 0 Å². The molecule has 100 valence electrons. The van der Waals surface area contributed by atoms with Crippen LogP contribution in [0.25, 0.3) is 0 Å². The third-order valence-electron chi connectivity index (χ3n) is 2.68. The largest absolute Gasteiger partial charge is 0.481 e. The number of hydrogen-bond donors (Lipinski definition) is 1. The maximum absolute atomic E-state index is 10.9. The van der Waals surface area contributed by atoms with E-state index in [0.29, 0.717) is 10.8 Å². The van der Waals surface area contributed by atoms with Gasteiger partial charge in [-0.05, 0) is 17.5 Å². The normalized spacial score (nSPS) is 12.6. The number of hydrogen-bond acceptors (Lipinski definition) is 4. The molecule has 0 aliphatic rings. The van der Waals surface area contributed by atoms with Crippen molar-refractivity contribution >= 4 is 35.0 Å². The summed E-state index contributed by atoms with van der Waals surface area (Å²) in [6.45, 7) is 3.89. The Morgan fingerprint density at radius 1 is 1.50 bits per heavy atom. The first-order chi connectivity index (χ1) is 8.32. The van der Waals surface area contributed by atoms with Gasteiger partial charge in [-0.15, -0.1) is 0 Å². The highest BCUT2D eigenvalue weighted by atomic mass is 35.5. The molecule has 0 saturated heterocycles. The Hall–Kier alpha value is -1.07. The molecule has 1 N–H and O–H groups in total. The van der Waals surface area contributed by atoms with E-state index in [1.165, 1.54) is 6.20 Å². The Balaban J connectivity index is 3.04. The molecular weight excluding hydrogens is 277 g/mol. The van der Waals surface area contributed by atoms with Gasteiger partial charge < -0.3 is 10.0 Å². The van der Waals surface area contributed by atoms with Crippen LogP contribution in [0.5, 0.6) is 0 Å². The van der Waals surface area contributed by atoms with E-state index in [4.69, 9.17) is 28.3 Å². The highest BCUT2D eigenvalue weighted by Gasteiger charge is 2.24. The number of rotatable bonds is 5. The molecule has 18 heavy (non-hydrogen) atoms. The molecule has 1 rings (SSSR count). The highest BCUT2D eigenvalue weighted by Crippen LogP contribution is 2.27. The Morgan fingerprint density at radius 2 is 2.11 bits per heavy atom. The van der Waals surface area contributed by atoms with Crippen molar-refractivity contribution in [2.75, 3.05) is 11.9 Å². The van der Waals surface area contributed by atoms with Crippen LogP contribution in [0.15, 0.2) is 6.20 Å². The monoisotopic (exact) mass is 291 g/mol. The van der Waals surface area contributed by atoms with E-state index in [0.717, 1.165) is 0 Å². The summed E-state index contributed by atoms with van der Waals surface area (Å²) in [6, 6.07) is -0.217. The first kappa shape index (κ1) is 15.0. The molecule has 0 amide bonds. The van der Waals surface area contributed by atoms with Crippen LogP contribution in [0, 0.1) is 5.92 Å². The molecule has 0 spiro atoms. The number of halogens is 2. The number of aliphatic carboxylic acids is 1. The molecule has 0 aromatic carbocycles. The summed E-state index contributed by atoms with van der Waals surface area (Å²) >= 11 is 11.7. The molecule has 0 bridgehead atoms. The third kappa shape index (κ3) is 3.71. The molecule has 1 heterocycles. The van der Waals surface area contributed by atoms with Crippen molar-refractivity contribution < 1.29 is 9.90 Å². The van der Waals surface area contributed by atoms with Crippen LogP contribution in [0.4, 0.5) is 5.82 Å². The van der Waals surface area contributed by atoms with Crippen molar-refractivity contribution in [1.29, 1.82) is 0 Å². The van der Waals surface area contributed by atoms with Gasteiger partial charge in [0.25, 0.3) is 0 Å². The molecule has 0 aliphatic carbocycles. The van der Waals surface area contributed by atoms with Crippen molar-refractivity contribution in [3.8, 4) is 0 Å². The van der Waals surface area contributed by atoms with Crippen LogP contribution in [0.2, 0.25) is 10.3 Å². The maximum atomic E-state index is 10.9. The van der Waals surface area contributed by atoms with E-state index in [2.05, 4.69) is 9.97 Å². The van der Waals surface area contributed by atoms with Gasteiger partial charge in [0.1, 0.15) is 5.02 Å². The molecule has 1 atom stereocenters. The lowest BCUT2D eigenvalue weighted by atomic mass is 9.99. The van der Waals surface area contributed by atoms with Crippen LogP contribution in [-0.4, -0.2) is 34.1 Å². The van der Waals surface area contributed by atoms with E-state index in [1.807, 2.05) is 13.8 Å². The summed E-state index contributed by atoms with van der Waals surface area (Å²) < 4.78 is 0. The number of carboxylic acid groups (broad SMARTS) is 1. The van der Waals surface area contributed by atoms with Crippen molar-refractivity contribution in [2.24, 2.45) is 5.92 Å². The van der Waals surface area contributed by atoms with Crippen LogP contribution in [-0.2, 0) is 4.79 Å². The number of nitrogens with zero attached hydrogens (tertiary/aromatic N) is 3. The van der Waals surface area contributed by atoms with Crippen molar-refractivity contribution in [3.05, 3.63) is 16.5 Å². The van der Waals surface area contributed by atoms with Gasteiger partial charge in [-0.25, -0.2) is 4.98 Å². The fourth-order valence-electron chi connectivity index (χ4n) is 1.74. The molecule has 1 unspecified atom stereocenters. The summed E-state index contributed by atoms with van der Waals surface area (Å²) in [7, 11) is 1.75. The standard InChI is InChI=1S/C11H15Cl2N3O2/c1-6(2)8(4-9(17)18)16(3)10-7(12)5-14-11(13)15-10/h5-6,8H,4H2,1-3H3,(H,17,18). The molecule has 5 nitrogen and oxygen atoms in total. The van der Waals surface area contributed by atoms with E-state index in [1.54, 1.807) is 11.9 Å². The zero-order valence-corrected chi connectivity index (χ0v) is 11.9. The predicted octanol–water partition coefficient (Wildman–Crippen LogP) is 2.72. The van der Waals surface area contributed by atoms with Gasteiger partial charge in [0.2, 0.25) is 5.28 Å². The first-order valence-corrected chi connectivity index (χ1v) is 6.21. The van der Waals surface area contributed by atoms with Gasteiger partial charge >= 0.3 is 5.97 Å². The summed E-state index contributed by atoms with van der Waals surface area (Å²) in [6.07, 6.45) is 1.41. The minimum absolute atomic E-state index is 0.00607. The Labute approximate surface area is 116 Å². The maximum Gasteiger partial charge on any atom is 0.305 e. The Bertz CT molecular complexity index is 440. The Kier molecular flexibility index (Phi) is 5.16. The number of anilines is 1. The minimum Gasteiger partial charge on any atom is -0.481 e. The number of carboxylic acids is 1. The summed E-state index contributed by atoms with van der Waals surface area (Å²) in [5.74, 6) is -0.288. The fraction of sp³-hybridized carbons (Fsp3) is 0.545. The summed E-state index contributed by atoms with van der Waals surface area (Å²) in [5.41, 5.74) is 0. The SMILES string of the molecule is CC(C)C(CC(=O)O)N(C)c1nc(Cl)ncc1Cl. The van der Waals surface area contributed by atoms with Gasteiger partial charge in [0, 0.05) is 13.1 Å². The first-order valence-electron chi connectivity index (χ1n) is 5.45. The molecule has 1 aromatic rings. The fourth-order valence-corrected chi connectivity index (χ4v) is 2.09. The van der Waals surface area contributed by atoms with Gasteiger partial charge in [-0.1, -0.05) is 25.4 Å². The molecule has 0 fully saturated rings. The van der Waals surface area contributed by atoms with Gasteiger partial charge in [0.05, 0.1) is 12.6 Å². The van der Waals surface area contributed by atoms with Crippen molar-refractivity contribution in [2.45, 2.75) is 26.3 Å². The molecular formula is C11H15Cl2N3O2. The van der Waals surface area contributed by atoms with Crippen molar-refractivity contribution in [3.63, 3.8) is 0 Å². The van der Waals surface area contributed by atoms with Crippen molar-refractivity contribution in [1.82, 2.24) is 9.97 Å². The van der Waals surface area contributed by atoms with Gasteiger partial charge in [-0.2, -0.15) is 4.98 Å². The highest BCUT2D eigenvalue weighted by molar-refractivity contribution is 6.33. The number of carbonyl (C=O) groups is 1. The average Bonchev–Trinajstić information content (AvgIpc) is 2.27. The van der Waals surface area contributed by atoms with E-state index < -0.39 is 5.97 Å². The lowest BCUT2D eigenvalue weighted by Crippen LogP contribution is -2.38. The zero-order chi connectivity index (χ0) is 13.9. The van der Waals surface area contributed by atoms with Crippen LogP contribution >= 0.6 is 23.2 Å². The van der Waals surface area contributed by atoms with Crippen LogP contribution in [0.3, 0.4) is 0 Å². The second-order valence-corrected chi connectivity index (χ2v) is 5.08.